The van der Waals surface area contributed by atoms with Crippen LogP contribution in [-0.2, 0) is 0 Å². The molecule has 2 aliphatic rings. The fourth-order valence-electron chi connectivity index (χ4n) is 3.81. The van der Waals surface area contributed by atoms with Crippen molar-refractivity contribution in [3.8, 4) is 0 Å². The third-order valence-electron chi connectivity index (χ3n) is 5.03. The Kier molecular flexibility index (Phi) is 4.34. The van der Waals surface area contributed by atoms with Crippen molar-refractivity contribution in [1.29, 1.82) is 0 Å². The number of nitrogens with zero attached hydrogens (tertiary/aromatic N) is 4. The fraction of sp³-hybridized carbons (Fsp3) is 0.647. The number of likely N-dealkylation sites (tertiary alicyclic amines) is 2. The number of aromatic nitrogens is 1. The smallest absolute Gasteiger partial charge is 0.255 e. The zero-order chi connectivity index (χ0) is 15.7. The molecular weight excluding hydrogens is 276 g/mol. The van der Waals surface area contributed by atoms with Crippen molar-refractivity contribution >= 4 is 11.7 Å². The van der Waals surface area contributed by atoms with Gasteiger partial charge in [-0.25, -0.2) is 4.98 Å². The molecule has 2 aliphatic heterocycles. The molecule has 1 aromatic rings. The number of hydrogen-bond acceptors (Lipinski definition) is 4. The summed E-state index contributed by atoms with van der Waals surface area (Å²) in [4.78, 5) is 23.7. The summed E-state index contributed by atoms with van der Waals surface area (Å²) in [6, 6.07) is 4.72. The summed E-state index contributed by atoms with van der Waals surface area (Å²) in [5, 5.41) is 0. The topological polar surface area (TPSA) is 39.7 Å². The first-order chi connectivity index (χ1) is 10.6. The van der Waals surface area contributed by atoms with Gasteiger partial charge in [0.1, 0.15) is 5.82 Å². The fourth-order valence-corrected chi connectivity index (χ4v) is 3.81. The molecule has 0 radical (unpaired) electrons. The highest BCUT2D eigenvalue weighted by molar-refractivity contribution is 5.94. The second kappa shape index (κ2) is 6.24. The Morgan fingerprint density at radius 2 is 1.91 bits per heavy atom. The predicted octanol–water partition coefficient (Wildman–Crippen LogP) is 1.85. The lowest BCUT2D eigenvalue weighted by molar-refractivity contribution is 0.0664. The standard InChI is InChI=1S/C17H26N4O/c1-19(2)16-9-8-13(12-18-16)17(22)21-11-5-7-15(21)14-6-4-10-20(14)3/h8-9,12,14-15H,4-7,10-11H2,1-3H3. The Bertz CT molecular complexity index is 528. The molecule has 0 aromatic carbocycles. The van der Waals surface area contributed by atoms with Gasteiger partial charge in [0.05, 0.1) is 5.56 Å². The molecule has 3 rings (SSSR count). The largest absolute Gasteiger partial charge is 0.363 e. The minimum absolute atomic E-state index is 0.139. The zero-order valence-corrected chi connectivity index (χ0v) is 13.8. The Labute approximate surface area is 132 Å². The van der Waals surface area contributed by atoms with Gasteiger partial charge < -0.3 is 14.7 Å². The third kappa shape index (κ3) is 2.82. The van der Waals surface area contributed by atoms with Crippen LogP contribution in [0.1, 0.15) is 36.0 Å². The molecule has 1 amide bonds. The highest BCUT2D eigenvalue weighted by Crippen LogP contribution is 2.30. The number of amides is 1. The van der Waals surface area contributed by atoms with Crippen molar-refractivity contribution in [2.24, 2.45) is 0 Å². The van der Waals surface area contributed by atoms with Gasteiger partial charge in [-0.2, -0.15) is 0 Å². The van der Waals surface area contributed by atoms with Crippen molar-refractivity contribution in [1.82, 2.24) is 14.8 Å². The van der Waals surface area contributed by atoms with Crippen LogP contribution in [0.3, 0.4) is 0 Å². The summed E-state index contributed by atoms with van der Waals surface area (Å²) in [7, 11) is 6.10. The molecule has 2 unspecified atom stereocenters. The van der Waals surface area contributed by atoms with E-state index in [0.29, 0.717) is 17.6 Å². The van der Waals surface area contributed by atoms with E-state index < -0.39 is 0 Å². The maximum absolute atomic E-state index is 12.9. The van der Waals surface area contributed by atoms with Gasteiger partial charge in [0, 0.05) is 38.9 Å². The van der Waals surface area contributed by atoms with Gasteiger partial charge in [0.25, 0.3) is 5.91 Å². The number of likely N-dealkylation sites (N-methyl/N-ethyl adjacent to an activating group) is 1. The maximum Gasteiger partial charge on any atom is 0.255 e. The normalized spacial score (nSPS) is 25.7. The highest BCUT2D eigenvalue weighted by atomic mass is 16.2. The van der Waals surface area contributed by atoms with E-state index in [4.69, 9.17) is 0 Å². The van der Waals surface area contributed by atoms with Crippen LogP contribution in [0.2, 0.25) is 0 Å². The van der Waals surface area contributed by atoms with Crippen molar-refractivity contribution < 1.29 is 4.79 Å². The molecule has 22 heavy (non-hydrogen) atoms. The average molecular weight is 302 g/mol. The van der Waals surface area contributed by atoms with Crippen molar-refractivity contribution in [3.63, 3.8) is 0 Å². The van der Waals surface area contributed by atoms with Gasteiger partial charge in [-0.15, -0.1) is 0 Å². The Balaban J connectivity index is 1.75. The molecule has 0 bridgehead atoms. The van der Waals surface area contributed by atoms with Gasteiger partial charge in [-0.05, 0) is 51.4 Å². The Morgan fingerprint density at radius 1 is 1.18 bits per heavy atom. The number of carbonyl (C=O) groups excluding carboxylic acids is 1. The molecule has 3 heterocycles. The van der Waals surface area contributed by atoms with Crippen molar-refractivity contribution in [2.75, 3.05) is 39.1 Å². The first kappa shape index (κ1) is 15.3. The van der Waals surface area contributed by atoms with Crippen LogP contribution in [-0.4, -0.2) is 67.0 Å². The van der Waals surface area contributed by atoms with E-state index in [1.807, 2.05) is 31.1 Å². The van der Waals surface area contributed by atoms with Crippen LogP contribution in [0, 0.1) is 0 Å². The number of carbonyl (C=O) groups is 1. The summed E-state index contributed by atoms with van der Waals surface area (Å²) >= 11 is 0. The van der Waals surface area contributed by atoms with Crippen LogP contribution in [0.4, 0.5) is 5.82 Å². The van der Waals surface area contributed by atoms with Crippen LogP contribution in [0.15, 0.2) is 18.3 Å². The molecule has 5 heteroatoms. The second-order valence-electron chi connectivity index (χ2n) is 6.70. The highest BCUT2D eigenvalue weighted by Gasteiger charge is 2.38. The predicted molar refractivity (Wildman–Crippen MR) is 88.3 cm³/mol. The van der Waals surface area contributed by atoms with Crippen LogP contribution < -0.4 is 4.90 Å². The Hall–Kier alpha value is -1.62. The molecular formula is C17H26N4O. The van der Waals surface area contributed by atoms with E-state index >= 15 is 0 Å². The van der Waals surface area contributed by atoms with Crippen LogP contribution >= 0.6 is 0 Å². The van der Waals surface area contributed by atoms with E-state index in [2.05, 4.69) is 21.8 Å². The molecule has 0 saturated carbocycles. The summed E-state index contributed by atoms with van der Waals surface area (Å²) in [5.74, 6) is 1.02. The lowest BCUT2D eigenvalue weighted by atomic mass is 10.0. The average Bonchev–Trinajstić information content (AvgIpc) is 3.14. The van der Waals surface area contributed by atoms with Crippen molar-refractivity contribution in [2.45, 2.75) is 37.8 Å². The maximum atomic E-state index is 12.9. The molecule has 0 N–H and O–H groups in total. The van der Waals surface area contributed by atoms with E-state index in [1.54, 1.807) is 6.20 Å². The summed E-state index contributed by atoms with van der Waals surface area (Å²) in [6.07, 6.45) is 6.42. The number of anilines is 1. The molecule has 120 valence electrons. The molecule has 1 aromatic heterocycles. The van der Waals surface area contributed by atoms with E-state index in [1.165, 1.54) is 12.8 Å². The van der Waals surface area contributed by atoms with Crippen LogP contribution in [0.5, 0.6) is 0 Å². The molecule has 0 spiro atoms. The number of rotatable bonds is 3. The monoisotopic (exact) mass is 302 g/mol. The second-order valence-corrected chi connectivity index (χ2v) is 6.70. The summed E-state index contributed by atoms with van der Waals surface area (Å²) < 4.78 is 0. The van der Waals surface area contributed by atoms with Crippen LogP contribution in [0.25, 0.3) is 0 Å². The summed E-state index contributed by atoms with van der Waals surface area (Å²) in [5.41, 5.74) is 0.707. The zero-order valence-electron chi connectivity index (χ0n) is 13.8. The van der Waals surface area contributed by atoms with Gasteiger partial charge in [-0.3, -0.25) is 4.79 Å². The van der Waals surface area contributed by atoms with Gasteiger partial charge in [0.2, 0.25) is 0 Å². The van der Waals surface area contributed by atoms with Gasteiger partial charge in [-0.1, -0.05) is 0 Å². The lowest BCUT2D eigenvalue weighted by Gasteiger charge is -2.33. The molecule has 2 fully saturated rings. The number of pyridine rings is 1. The third-order valence-corrected chi connectivity index (χ3v) is 5.03. The lowest BCUT2D eigenvalue weighted by Crippen LogP contribution is -2.47. The molecule has 0 aliphatic carbocycles. The van der Waals surface area contributed by atoms with E-state index in [-0.39, 0.29) is 5.91 Å². The van der Waals surface area contributed by atoms with Gasteiger partial charge >= 0.3 is 0 Å². The minimum atomic E-state index is 0.139. The Morgan fingerprint density at radius 3 is 2.50 bits per heavy atom. The molecule has 2 atom stereocenters. The SMILES string of the molecule is CN(C)c1ccc(C(=O)N2CCCC2C2CCCN2C)cn1. The van der Waals surface area contributed by atoms with E-state index in [0.717, 1.165) is 31.7 Å². The quantitative estimate of drug-likeness (QED) is 0.854. The minimum Gasteiger partial charge on any atom is -0.363 e. The number of hydrogen-bond donors (Lipinski definition) is 0. The first-order valence-corrected chi connectivity index (χ1v) is 8.22. The molecule has 5 nitrogen and oxygen atoms in total. The molecule has 2 saturated heterocycles. The van der Waals surface area contributed by atoms with Crippen molar-refractivity contribution in [3.05, 3.63) is 23.9 Å². The van der Waals surface area contributed by atoms with Gasteiger partial charge in [0.15, 0.2) is 0 Å². The first-order valence-electron chi connectivity index (χ1n) is 8.22. The van der Waals surface area contributed by atoms with E-state index in [9.17, 15) is 4.79 Å². The summed E-state index contributed by atoms with van der Waals surface area (Å²) in [6.45, 7) is 2.03.